The number of hydrogen-bond acceptors (Lipinski definition) is 5. The van der Waals surface area contributed by atoms with E-state index in [1.165, 1.54) is 11.8 Å². The minimum Gasteiger partial charge on any atom is -0.497 e. The molecule has 0 aliphatic rings. The Labute approximate surface area is 185 Å². The third-order valence-corrected chi connectivity index (χ3v) is 5.99. The number of methoxy groups -OCH3 is 1. The predicted octanol–water partition coefficient (Wildman–Crippen LogP) is 4.68. The standard InChI is InChI=1S/C24H24N4O2S/c1-16-13-23(31-15-22(29)27-17(2)18-7-5-4-6-8-18)28-24(26-16)21(14-25-28)19-9-11-20(30-3)12-10-19/h4-14,17H,15H2,1-3H3,(H,27,29). The Bertz CT molecular complexity index is 1190. The van der Waals surface area contributed by atoms with Gasteiger partial charge in [0.05, 0.1) is 25.1 Å². The van der Waals surface area contributed by atoms with E-state index in [9.17, 15) is 4.79 Å². The van der Waals surface area contributed by atoms with Gasteiger partial charge < -0.3 is 10.1 Å². The molecule has 0 aliphatic heterocycles. The summed E-state index contributed by atoms with van der Waals surface area (Å²) >= 11 is 1.45. The van der Waals surface area contributed by atoms with Crippen molar-refractivity contribution in [2.24, 2.45) is 0 Å². The lowest BCUT2D eigenvalue weighted by Gasteiger charge is -2.14. The van der Waals surface area contributed by atoms with Crippen molar-refractivity contribution in [3.05, 3.63) is 78.1 Å². The Hall–Kier alpha value is -3.32. The van der Waals surface area contributed by atoms with Crippen LogP contribution in [0.2, 0.25) is 0 Å². The van der Waals surface area contributed by atoms with E-state index in [1.54, 1.807) is 11.6 Å². The van der Waals surface area contributed by atoms with Crippen molar-refractivity contribution in [2.45, 2.75) is 24.9 Å². The van der Waals surface area contributed by atoms with Gasteiger partial charge in [-0.05, 0) is 43.2 Å². The number of aryl methyl sites for hydroxylation is 1. The largest absolute Gasteiger partial charge is 0.497 e. The number of thioether (sulfide) groups is 1. The van der Waals surface area contributed by atoms with E-state index in [1.807, 2.05) is 80.7 Å². The van der Waals surface area contributed by atoms with E-state index in [0.717, 1.165) is 38.8 Å². The number of amides is 1. The topological polar surface area (TPSA) is 68.5 Å². The molecule has 2 aromatic carbocycles. The summed E-state index contributed by atoms with van der Waals surface area (Å²) in [7, 11) is 1.65. The average molecular weight is 433 g/mol. The number of ether oxygens (including phenoxy) is 1. The van der Waals surface area contributed by atoms with Gasteiger partial charge in [-0.1, -0.05) is 54.2 Å². The molecule has 0 spiro atoms. The summed E-state index contributed by atoms with van der Waals surface area (Å²) in [6.45, 7) is 3.94. The van der Waals surface area contributed by atoms with Crippen LogP contribution in [0.15, 0.2) is 71.9 Å². The van der Waals surface area contributed by atoms with Crippen LogP contribution in [0.3, 0.4) is 0 Å². The van der Waals surface area contributed by atoms with E-state index < -0.39 is 0 Å². The molecule has 1 unspecified atom stereocenters. The van der Waals surface area contributed by atoms with Crippen molar-refractivity contribution in [1.29, 1.82) is 0 Å². The Morgan fingerprint density at radius 2 is 1.90 bits per heavy atom. The minimum absolute atomic E-state index is 0.0218. The maximum absolute atomic E-state index is 12.5. The molecule has 158 valence electrons. The van der Waals surface area contributed by atoms with Crippen LogP contribution in [-0.2, 0) is 4.79 Å². The lowest BCUT2D eigenvalue weighted by molar-refractivity contribution is -0.119. The fourth-order valence-corrected chi connectivity index (χ4v) is 4.25. The highest BCUT2D eigenvalue weighted by molar-refractivity contribution is 7.99. The molecule has 0 radical (unpaired) electrons. The first-order valence-corrected chi connectivity index (χ1v) is 11.0. The zero-order valence-electron chi connectivity index (χ0n) is 17.7. The fourth-order valence-electron chi connectivity index (χ4n) is 3.37. The van der Waals surface area contributed by atoms with Gasteiger partial charge in [0, 0.05) is 11.3 Å². The number of fused-ring (bicyclic) bond motifs is 1. The molecule has 0 saturated heterocycles. The molecule has 6 nitrogen and oxygen atoms in total. The fraction of sp³-hybridized carbons (Fsp3) is 0.208. The summed E-state index contributed by atoms with van der Waals surface area (Å²) in [5.41, 5.74) is 4.68. The summed E-state index contributed by atoms with van der Waals surface area (Å²) < 4.78 is 7.04. The molecule has 1 amide bonds. The summed E-state index contributed by atoms with van der Waals surface area (Å²) in [5.74, 6) is 1.08. The van der Waals surface area contributed by atoms with Gasteiger partial charge in [0.2, 0.25) is 5.91 Å². The van der Waals surface area contributed by atoms with Crippen LogP contribution < -0.4 is 10.1 Å². The zero-order valence-corrected chi connectivity index (χ0v) is 18.5. The van der Waals surface area contributed by atoms with Crippen molar-refractivity contribution in [2.75, 3.05) is 12.9 Å². The molecule has 1 atom stereocenters. The average Bonchev–Trinajstić information content (AvgIpc) is 3.22. The molecule has 4 aromatic rings. The molecule has 0 fully saturated rings. The van der Waals surface area contributed by atoms with Gasteiger partial charge in [-0.2, -0.15) is 5.10 Å². The SMILES string of the molecule is COc1ccc(-c2cnn3c(SCC(=O)NC(C)c4ccccc4)cc(C)nc23)cc1. The van der Waals surface area contributed by atoms with Crippen LogP contribution in [0, 0.1) is 6.92 Å². The molecule has 0 aliphatic carbocycles. The zero-order chi connectivity index (χ0) is 21.8. The molecule has 0 saturated carbocycles. The quantitative estimate of drug-likeness (QED) is 0.339. The van der Waals surface area contributed by atoms with E-state index in [2.05, 4.69) is 15.4 Å². The van der Waals surface area contributed by atoms with Crippen LogP contribution >= 0.6 is 11.8 Å². The van der Waals surface area contributed by atoms with E-state index in [0.29, 0.717) is 5.75 Å². The Kier molecular flexibility index (Phi) is 6.23. The summed E-state index contributed by atoms with van der Waals surface area (Å²) in [4.78, 5) is 17.2. The van der Waals surface area contributed by atoms with Crippen LogP contribution in [0.5, 0.6) is 5.75 Å². The molecule has 31 heavy (non-hydrogen) atoms. The third-order valence-electron chi connectivity index (χ3n) is 5.00. The third kappa shape index (κ3) is 4.72. The molecule has 2 aromatic heterocycles. The normalized spacial score (nSPS) is 12.0. The van der Waals surface area contributed by atoms with Crippen LogP contribution in [0.4, 0.5) is 0 Å². The van der Waals surface area contributed by atoms with Crippen molar-refractivity contribution in [1.82, 2.24) is 19.9 Å². The van der Waals surface area contributed by atoms with E-state index in [4.69, 9.17) is 4.74 Å². The predicted molar refractivity (Wildman–Crippen MR) is 123 cm³/mol. The first kappa shape index (κ1) is 20.9. The minimum atomic E-state index is -0.0418. The maximum atomic E-state index is 12.5. The maximum Gasteiger partial charge on any atom is 0.230 e. The highest BCUT2D eigenvalue weighted by Gasteiger charge is 2.15. The first-order valence-electron chi connectivity index (χ1n) is 10.0. The molecular formula is C24H24N4O2S. The molecule has 0 bridgehead atoms. The van der Waals surface area contributed by atoms with Gasteiger partial charge in [0.1, 0.15) is 10.8 Å². The number of benzene rings is 2. The molecule has 2 heterocycles. The smallest absolute Gasteiger partial charge is 0.230 e. The number of aromatic nitrogens is 3. The van der Waals surface area contributed by atoms with Gasteiger partial charge in [0.15, 0.2) is 5.65 Å². The number of carbonyl (C=O) groups is 1. The van der Waals surface area contributed by atoms with Crippen molar-refractivity contribution in [3.8, 4) is 16.9 Å². The number of rotatable bonds is 7. The molecule has 1 N–H and O–H groups in total. The summed E-state index contributed by atoms with van der Waals surface area (Å²) in [6, 6.07) is 19.7. The lowest BCUT2D eigenvalue weighted by Crippen LogP contribution is -2.28. The van der Waals surface area contributed by atoms with Gasteiger partial charge in [-0.3, -0.25) is 4.79 Å². The molecule has 4 rings (SSSR count). The number of carbonyl (C=O) groups excluding carboxylic acids is 1. The highest BCUT2D eigenvalue weighted by Crippen LogP contribution is 2.29. The second kappa shape index (κ2) is 9.22. The number of nitrogens with one attached hydrogen (secondary N) is 1. The van der Waals surface area contributed by atoms with Gasteiger partial charge >= 0.3 is 0 Å². The van der Waals surface area contributed by atoms with Gasteiger partial charge in [0.25, 0.3) is 0 Å². The van der Waals surface area contributed by atoms with Crippen molar-refractivity contribution >= 4 is 23.3 Å². The van der Waals surface area contributed by atoms with Gasteiger partial charge in [-0.15, -0.1) is 0 Å². The Morgan fingerprint density at radius 1 is 1.16 bits per heavy atom. The van der Waals surface area contributed by atoms with Crippen molar-refractivity contribution in [3.63, 3.8) is 0 Å². The second-order valence-corrected chi connectivity index (χ2v) is 8.24. The number of hydrogen-bond donors (Lipinski definition) is 1. The monoisotopic (exact) mass is 432 g/mol. The second-order valence-electron chi connectivity index (χ2n) is 7.25. The van der Waals surface area contributed by atoms with Crippen LogP contribution in [0.25, 0.3) is 16.8 Å². The molecule has 7 heteroatoms. The van der Waals surface area contributed by atoms with E-state index >= 15 is 0 Å². The van der Waals surface area contributed by atoms with Crippen molar-refractivity contribution < 1.29 is 9.53 Å². The van der Waals surface area contributed by atoms with E-state index in [-0.39, 0.29) is 11.9 Å². The first-order chi connectivity index (χ1) is 15.0. The lowest BCUT2D eigenvalue weighted by atomic mass is 10.1. The van der Waals surface area contributed by atoms with Crippen LogP contribution in [-0.4, -0.2) is 33.4 Å². The number of nitrogens with zero attached hydrogens (tertiary/aromatic N) is 3. The molecular weight excluding hydrogens is 408 g/mol. The summed E-state index contributed by atoms with van der Waals surface area (Å²) in [5, 5.41) is 8.47. The summed E-state index contributed by atoms with van der Waals surface area (Å²) in [6.07, 6.45) is 1.81. The Balaban J connectivity index is 1.51. The highest BCUT2D eigenvalue weighted by atomic mass is 32.2. The Morgan fingerprint density at radius 3 is 2.61 bits per heavy atom. The van der Waals surface area contributed by atoms with Gasteiger partial charge in [-0.25, -0.2) is 9.50 Å². The van der Waals surface area contributed by atoms with Crippen LogP contribution in [0.1, 0.15) is 24.2 Å².